The molecule has 1 aromatic heterocycles. The number of hydrogen-bond acceptors (Lipinski definition) is 2. The zero-order valence-corrected chi connectivity index (χ0v) is 12.4. The number of pyridine rings is 1. The minimum atomic E-state index is -0.113. The van der Waals surface area contributed by atoms with Gasteiger partial charge in [-0.2, -0.15) is 0 Å². The number of fused-ring (bicyclic) bond motifs is 2. The quantitative estimate of drug-likeness (QED) is 0.585. The van der Waals surface area contributed by atoms with Crippen LogP contribution in [-0.2, 0) is 0 Å². The first kappa shape index (κ1) is 13.5. The Balaban J connectivity index is 1.77. The summed E-state index contributed by atoms with van der Waals surface area (Å²) < 4.78 is 0. The number of rotatable bonds is 2. The highest BCUT2D eigenvalue weighted by atomic mass is 16.1. The third-order valence-electron chi connectivity index (χ3n) is 3.93. The molecule has 3 nitrogen and oxygen atoms in total. The molecular formula is C20H14N2O. The largest absolute Gasteiger partial charge is 0.321 e. The number of carbonyl (C=O) groups excluding carboxylic acids is 1. The molecule has 3 aromatic carbocycles. The lowest BCUT2D eigenvalue weighted by molar-refractivity contribution is 0.102. The lowest BCUT2D eigenvalue weighted by Gasteiger charge is -2.10. The number of benzene rings is 3. The standard InChI is InChI=1S/C20H14N2O/c23-20(16-9-3-7-14-6-1-2-8-15(14)16)22-19-12-4-11-18-17(19)10-5-13-21-18/h1-13H,(H,22,23). The summed E-state index contributed by atoms with van der Waals surface area (Å²) in [5.74, 6) is -0.113. The van der Waals surface area contributed by atoms with Crippen molar-refractivity contribution in [3.05, 3.63) is 84.6 Å². The maximum Gasteiger partial charge on any atom is 0.256 e. The van der Waals surface area contributed by atoms with Crippen LogP contribution in [0.25, 0.3) is 21.7 Å². The lowest BCUT2D eigenvalue weighted by Crippen LogP contribution is -2.12. The maximum absolute atomic E-state index is 12.7. The van der Waals surface area contributed by atoms with E-state index in [1.54, 1.807) is 6.20 Å². The molecule has 0 aliphatic carbocycles. The Morgan fingerprint density at radius 1 is 0.783 bits per heavy atom. The van der Waals surface area contributed by atoms with Crippen molar-refractivity contribution in [1.29, 1.82) is 0 Å². The molecule has 0 bridgehead atoms. The summed E-state index contributed by atoms with van der Waals surface area (Å²) in [7, 11) is 0. The average molecular weight is 298 g/mol. The van der Waals surface area contributed by atoms with Crippen molar-refractivity contribution in [2.45, 2.75) is 0 Å². The molecule has 110 valence electrons. The molecule has 0 unspecified atom stereocenters. The van der Waals surface area contributed by atoms with E-state index >= 15 is 0 Å². The molecule has 0 aliphatic rings. The van der Waals surface area contributed by atoms with E-state index < -0.39 is 0 Å². The molecular weight excluding hydrogens is 284 g/mol. The predicted octanol–water partition coefficient (Wildman–Crippen LogP) is 4.64. The Kier molecular flexibility index (Phi) is 3.24. The van der Waals surface area contributed by atoms with Crippen LogP contribution in [0.4, 0.5) is 5.69 Å². The number of anilines is 1. The van der Waals surface area contributed by atoms with Crippen molar-refractivity contribution in [3.8, 4) is 0 Å². The van der Waals surface area contributed by atoms with Crippen LogP contribution in [-0.4, -0.2) is 10.9 Å². The summed E-state index contributed by atoms with van der Waals surface area (Å²) in [5, 5.41) is 5.95. The van der Waals surface area contributed by atoms with E-state index in [9.17, 15) is 4.79 Å². The van der Waals surface area contributed by atoms with Gasteiger partial charge in [0, 0.05) is 17.1 Å². The van der Waals surface area contributed by atoms with Crippen molar-refractivity contribution < 1.29 is 4.79 Å². The Morgan fingerprint density at radius 3 is 2.52 bits per heavy atom. The molecule has 0 aliphatic heterocycles. The monoisotopic (exact) mass is 298 g/mol. The third-order valence-corrected chi connectivity index (χ3v) is 3.93. The van der Waals surface area contributed by atoms with E-state index in [1.165, 1.54) is 0 Å². The average Bonchev–Trinajstić information content (AvgIpc) is 2.61. The summed E-state index contributed by atoms with van der Waals surface area (Å²) in [6.45, 7) is 0. The Bertz CT molecular complexity index is 1010. The number of nitrogens with zero attached hydrogens (tertiary/aromatic N) is 1. The molecule has 1 heterocycles. The van der Waals surface area contributed by atoms with E-state index in [-0.39, 0.29) is 5.91 Å². The van der Waals surface area contributed by atoms with E-state index in [2.05, 4.69) is 10.3 Å². The van der Waals surface area contributed by atoms with Crippen molar-refractivity contribution in [2.75, 3.05) is 5.32 Å². The lowest BCUT2D eigenvalue weighted by atomic mass is 10.0. The first-order valence-electron chi connectivity index (χ1n) is 7.46. The molecule has 0 spiro atoms. The summed E-state index contributed by atoms with van der Waals surface area (Å²) in [4.78, 5) is 17.1. The van der Waals surface area contributed by atoms with Crippen LogP contribution >= 0.6 is 0 Å². The van der Waals surface area contributed by atoms with E-state index in [1.807, 2.05) is 72.8 Å². The minimum absolute atomic E-state index is 0.113. The first-order chi connectivity index (χ1) is 11.3. The zero-order valence-electron chi connectivity index (χ0n) is 12.4. The van der Waals surface area contributed by atoms with Crippen molar-refractivity contribution in [3.63, 3.8) is 0 Å². The van der Waals surface area contributed by atoms with Gasteiger partial charge in [-0.05, 0) is 41.1 Å². The van der Waals surface area contributed by atoms with Crippen LogP contribution in [0.2, 0.25) is 0 Å². The fraction of sp³-hybridized carbons (Fsp3) is 0. The fourth-order valence-corrected chi connectivity index (χ4v) is 2.83. The second kappa shape index (κ2) is 5.54. The maximum atomic E-state index is 12.7. The number of nitrogens with one attached hydrogen (secondary N) is 1. The first-order valence-corrected chi connectivity index (χ1v) is 7.46. The van der Waals surface area contributed by atoms with Crippen LogP contribution in [0.15, 0.2) is 79.0 Å². The van der Waals surface area contributed by atoms with Gasteiger partial charge in [-0.15, -0.1) is 0 Å². The van der Waals surface area contributed by atoms with Crippen LogP contribution in [0.5, 0.6) is 0 Å². The van der Waals surface area contributed by atoms with Crippen LogP contribution in [0.1, 0.15) is 10.4 Å². The second-order valence-corrected chi connectivity index (χ2v) is 5.36. The van der Waals surface area contributed by atoms with Gasteiger partial charge in [0.05, 0.1) is 11.2 Å². The van der Waals surface area contributed by atoms with Gasteiger partial charge in [-0.3, -0.25) is 9.78 Å². The summed E-state index contributed by atoms with van der Waals surface area (Å²) in [6.07, 6.45) is 1.75. The topological polar surface area (TPSA) is 42.0 Å². The van der Waals surface area contributed by atoms with Gasteiger partial charge in [0.25, 0.3) is 5.91 Å². The van der Waals surface area contributed by atoms with Crippen molar-refractivity contribution in [2.24, 2.45) is 0 Å². The second-order valence-electron chi connectivity index (χ2n) is 5.36. The fourth-order valence-electron chi connectivity index (χ4n) is 2.83. The Morgan fingerprint density at radius 2 is 1.57 bits per heavy atom. The van der Waals surface area contributed by atoms with E-state index in [4.69, 9.17) is 0 Å². The van der Waals surface area contributed by atoms with Gasteiger partial charge in [0.15, 0.2) is 0 Å². The molecule has 0 atom stereocenters. The summed E-state index contributed by atoms with van der Waals surface area (Å²) in [6, 6.07) is 23.2. The minimum Gasteiger partial charge on any atom is -0.321 e. The van der Waals surface area contributed by atoms with Gasteiger partial charge < -0.3 is 5.32 Å². The normalized spacial score (nSPS) is 10.8. The van der Waals surface area contributed by atoms with E-state index in [0.717, 1.165) is 27.4 Å². The Hall–Kier alpha value is -3.20. The van der Waals surface area contributed by atoms with Gasteiger partial charge in [0.2, 0.25) is 0 Å². The van der Waals surface area contributed by atoms with Crippen LogP contribution in [0, 0.1) is 0 Å². The molecule has 0 fully saturated rings. The molecule has 0 saturated heterocycles. The molecule has 0 radical (unpaired) electrons. The SMILES string of the molecule is O=C(Nc1cccc2ncccc12)c1cccc2ccccc12. The summed E-state index contributed by atoms with van der Waals surface area (Å²) in [5.41, 5.74) is 2.31. The number of aromatic nitrogens is 1. The Labute approximate surface area is 133 Å². The molecule has 3 heteroatoms. The molecule has 4 rings (SSSR count). The van der Waals surface area contributed by atoms with Gasteiger partial charge in [-0.25, -0.2) is 0 Å². The van der Waals surface area contributed by atoms with Crippen LogP contribution < -0.4 is 5.32 Å². The molecule has 4 aromatic rings. The van der Waals surface area contributed by atoms with Gasteiger partial charge >= 0.3 is 0 Å². The highest BCUT2D eigenvalue weighted by Gasteiger charge is 2.11. The number of hydrogen-bond donors (Lipinski definition) is 1. The van der Waals surface area contributed by atoms with Crippen molar-refractivity contribution >= 4 is 33.3 Å². The van der Waals surface area contributed by atoms with Crippen LogP contribution in [0.3, 0.4) is 0 Å². The van der Waals surface area contributed by atoms with Gasteiger partial charge in [-0.1, -0.05) is 42.5 Å². The highest BCUT2D eigenvalue weighted by molar-refractivity contribution is 6.15. The van der Waals surface area contributed by atoms with E-state index in [0.29, 0.717) is 5.56 Å². The molecule has 0 saturated carbocycles. The predicted molar refractivity (Wildman–Crippen MR) is 93.6 cm³/mol. The smallest absolute Gasteiger partial charge is 0.256 e. The molecule has 23 heavy (non-hydrogen) atoms. The number of amides is 1. The summed E-state index contributed by atoms with van der Waals surface area (Å²) >= 11 is 0. The van der Waals surface area contributed by atoms with Gasteiger partial charge in [0.1, 0.15) is 0 Å². The molecule has 1 amide bonds. The number of carbonyl (C=O) groups is 1. The third kappa shape index (κ3) is 2.42. The zero-order chi connectivity index (χ0) is 15.6. The van der Waals surface area contributed by atoms with Crippen molar-refractivity contribution in [1.82, 2.24) is 4.98 Å². The highest BCUT2D eigenvalue weighted by Crippen LogP contribution is 2.24. The molecule has 1 N–H and O–H groups in total.